The first-order chi connectivity index (χ1) is 12.7. The van der Waals surface area contributed by atoms with Crippen LogP contribution in [0.15, 0.2) is 53.4 Å². The summed E-state index contributed by atoms with van der Waals surface area (Å²) in [6, 6.07) is 14.1. The highest BCUT2D eigenvalue weighted by atomic mass is 32.2. The highest BCUT2D eigenvalue weighted by Crippen LogP contribution is 2.28. The van der Waals surface area contributed by atoms with E-state index >= 15 is 0 Å². The van der Waals surface area contributed by atoms with Gasteiger partial charge in [-0.25, -0.2) is 8.42 Å². The number of carbonyl (C=O) groups is 1. The molecule has 1 heterocycles. The van der Waals surface area contributed by atoms with Gasteiger partial charge in [-0.05, 0) is 60.8 Å². The number of rotatable bonds is 5. The Kier molecular flexibility index (Phi) is 5.40. The number of nitrogens with zero attached hydrogens (tertiary/aromatic N) is 1. The summed E-state index contributed by atoms with van der Waals surface area (Å²) in [4.78, 5) is 15.2. The van der Waals surface area contributed by atoms with Crippen LogP contribution in [0, 0.1) is 5.41 Å². The fourth-order valence-electron chi connectivity index (χ4n) is 3.55. The predicted molar refractivity (Wildman–Crippen MR) is 108 cm³/mol. The van der Waals surface area contributed by atoms with Gasteiger partial charge in [0.15, 0.2) is 9.84 Å². The monoisotopic (exact) mass is 386 g/mol. The van der Waals surface area contributed by atoms with Crippen molar-refractivity contribution < 1.29 is 13.2 Å². The van der Waals surface area contributed by atoms with Crippen molar-refractivity contribution in [1.82, 2.24) is 10.2 Å². The van der Waals surface area contributed by atoms with Crippen molar-refractivity contribution in [2.45, 2.75) is 18.2 Å². The first kappa shape index (κ1) is 19.6. The summed E-state index contributed by atoms with van der Waals surface area (Å²) in [6.07, 6.45) is 2.27. The van der Waals surface area contributed by atoms with Crippen molar-refractivity contribution in [3.63, 3.8) is 0 Å². The lowest BCUT2D eigenvalue weighted by atomic mass is 9.89. The first-order valence-electron chi connectivity index (χ1n) is 9.04. The number of carbonyl (C=O) groups excluding carboxylic acids is 1. The predicted octanol–water partition coefficient (Wildman–Crippen LogP) is 2.83. The number of likely N-dealkylation sites (tertiary alicyclic amines) is 1. The Morgan fingerprint density at radius 3 is 2.44 bits per heavy atom. The molecular formula is C21H26N2O3S. The third kappa shape index (κ3) is 4.76. The largest absolute Gasteiger partial charge is 0.351 e. The molecule has 0 aliphatic carbocycles. The highest BCUT2D eigenvalue weighted by Gasteiger charge is 2.32. The molecule has 144 valence electrons. The van der Waals surface area contributed by atoms with Crippen LogP contribution in [-0.4, -0.2) is 52.2 Å². The van der Waals surface area contributed by atoms with Crippen molar-refractivity contribution >= 4 is 15.7 Å². The van der Waals surface area contributed by atoms with Crippen LogP contribution in [0.1, 0.15) is 23.7 Å². The second kappa shape index (κ2) is 7.44. The molecule has 1 amide bonds. The van der Waals surface area contributed by atoms with Crippen molar-refractivity contribution in [2.75, 3.05) is 32.9 Å². The second-order valence-corrected chi connectivity index (χ2v) is 9.87. The zero-order valence-corrected chi connectivity index (χ0v) is 16.8. The molecule has 0 aromatic heterocycles. The highest BCUT2D eigenvalue weighted by molar-refractivity contribution is 7.90. The van der Waals surface area contributed by atoms with Crippen molar-refractivity contribution in [3.05, 3.63) is 54.1 Å². The van der Waals surface area contributed by atoms with Gasteiger partial charge in [0, 0.05) is 24.9 Å². The molecule has 27 heavy (non-hydrogen) atoms. The average molecular weight is 387 g/mol. The minimum atomic E-state index is -3.22. The van der Waals surface area contributed by atoms with E-state index in [0.29, 0.717) is 12.1 Å². The molecule has 0 bridgehead atoms. The first-order valence-corrected chi connectivity index (χ1v) is 10.9. The van der Waals surface area contributed by atoms with Gasteiger partial charge in [0.1, 0.15) is 0 Å². The number of hydrogen-bond acceptors (Lipinski definition) is 4. The molecule has 1 fully saturated rings. The van der Waals surface area contributed by atoms with Gasteiger partial charge in [0.05, 0.1) is 4.90 Å². The molecule has 1 atom stereocenters. The Labute approximate surface area is 161 Å². The van der Waals surface area contributed by atoms with E-state index in [9.17, 15) is 13.2 Å². The molecule has 0 unspecified atom stereocenters. The van der Waals surface area contributed by atoms with E-state index in [0.717, 1.165) is 30.6 Å². The Morgan fingerprint density at radius 1 is 1.15 bits per heavy atom. The number of benzene rings is 2. The lowest BCUT2D eigenvalue weighted by molar-refractivity contribution is 0.0935. The molecule has 1 saturated heterocycles. The molecule has 3 rings (SSSR count). The van der Waals surface area contributed by atoms with Gasteiger partial charge in [0.25, 0.3) is 5.91 Å². The van der Waals surface area contributed by atoms with Crippen molar-refractivity contribution in [1.29, 1.82) is 0 Å². The van der Waals surface area contributed by atoms with Crippen LogP contribution < -0.4 is 5.32 Å². The number of amides is 1. The summed E-state index contributed by atoms with van der Waals surface area (Å²) in [7, 11) is -1.11. The minimum absolute atomic E-state index is 0.0830. The van der Waals surface area contributed by atoms with Crippen molar-refractivity contribution in [2.24, 2.45) is 5.41 Å². The standard InChI is InChI=1S/C21H26N2O3S/c1-21(11-12-23(2)15-21)14-22-20(24)18-6-4-5-17(13-18)16-7-9-19(10-8-16)27(3,25)26/h4-10,13H,11-12,14-15H2,1-3H3,(H,22,24)/t21-/m0/s1. The fourth-order valence-corrected chi connectivity index (χ4v) is 4.18. The van der Waals surface area contributed by atoms with Crippen molar-refractivity contribution in [3.8, 4) is 11.1 Å². The minimum Gasteiger partial charge on any atom is -0.351 e. The van der Waals surface area contributed by atoms with Crippen LogP contribution in [0.4, 0.5) is 0 Å². The number of nitrogens with one attached hydrogen (secondary N) is 1. The fraction of sp³-hybridized carbons (Fsp3) is 0.381. The zero-order chi connectivity index (χ0) is 19.7. The van der Waals surface area contributed by atoms with E-state index in [2.05, 4.69) is 24.2 Å². The van der Waals surface area contributed by atoms with Gasteiger partial charge in [-0.1, -0.05) is 31.2 Å². The van der Waals surface area contributed by atoms with E-state index < -0.39 is 9.84 Å². The van der Waals surface area contributed by atoms with E-state index in [1.165, 1.54) is 6.26 Å². The van der Waals surface area contributed by atoms with Gasteiger partial charge < -0.3 is 10.2 Å². The maximum Gasteiger partial charge on any atom is 0.251 e. The Balaban J connectivity index is 1.72. The lowest BCUT2D eigenvalue weighted by Gasteiger charge is -2.24. The third-order valence-corrected chi connectivity index (χ3v) is 6.29. The van der Waals surface area contributed by atoms with Crippen LogP contribution in [0.5, 0.6) is 0 Å². The second-order valence-electron chi connectivity index (χ2n) is 7.86. The van der Waals surface area contributed by atoms with Gasteiger partial charge in [0.2, 0.25) is 0 Å². The summed E-state index contributed by atoms with van der Waals surface area (Å²) >= 11 is 0. The maximum absolute atomic E-state index is 12.6. The number of hydrogen-bond donors (Lipinski definition) is 1. The molecule has 0 radical (unpaired) electrons. The molecule has 2 aromatic rings. The van der Waals surface area contributed by atoms with E-state index in [1.54, 1.807) is 30.3 Å². The zero-order valence-electron chi connectivity index (χ0n) is 16.0. The van der Waals surface area contributed by atoms with Gasteiger partial charge in [-0.3, -0.25) is 4.79 Å². The molecule has 6 heteroatoms. The molecule has 5 nitrogen and oxygen atoms in total. The number of sulfone groups is 1. The SMILES string of the molecule is CN1CC[C@@](C)(CNC(=O)c2cccc(-c3ccc(S(C)(=O)=O)cc3)c2)C1. The molecule has 2 aromatic carbocycles. The summed E-state index contributed by atoms with van der Waals surface area (Å²) in [5.41, 5.74) is 2.48. The molecule has 0 spiro atoms. The molecular weight excluding hydrogens is 360 g/mol. The summed E-state index contributed by atoms with van der Waals surface area (Å²) in [6.45, 7) is 4.91. The van der Waals surface area contributed by atoms with Gasteiger partial charge >= 0.3 is 0 Å². The van der Waals surface area contributed by atoms with Crippen LogP contribution in [0.2, 0.25) is 0 Å². The summed E-state index contributed by atoms with van der Waals surface area (Å²) in [5.74, 6) is -0.0830. The quantitative estimate of drug-likeness (QED) is 0.858. The van der Waals surface area contributed by atoms with Crippen LogP contribution >= 0.6 is 0 Å². The topological polar surface area (TPSA) is 66.5 Å². The molecule has 0 saturated carbocycles. The summed E-state index contributed by atoms with van der Waals surface area (Å²) < 4.78 is 23.2. The Morgan fingerprint density at radius 2 is 1.85 bits per heavy atom. The lowest BCUT2D eigenvalue weighted by Crippen LogP contribution is -2.37. The Hall–Kier alpha value is -2.18. The van der Waals surface area contributed by atoms with Crippen LogP contribution in [-0.2, 0) is 9.84 Å². The summed E-state index contributed by atoms with van der Waals surface area (Å²) in [5, 5.41) is 3.06. The van der Waals surface area contributed by atoms with E-state index in [-0.39, 0.29) is 16.2 Å². The molecule has 1 aliphatic rings. The van der Waals surface area contributed by atoms with Gasteiger partial charge in [-0.2, -0.15) is 0 Å². The normalized spacial score (nSPS) is 20.6. The molecule has 1 N–H and O–H groups in total. The van der Waals surface area contributed by atoms with E-state index in [4.69, 9.17) is 0 Å². The third-order valence-electron chi connectivity index (χ3n) is 5.16. The average Bonchev–Trinajstić information content (AvgIpc) is 2.98. The van der Waals surface area contributed by atoms with Crippen LogP contribution in [0.25, 0.3) is 11.1 Å². The maximum atomic E-state index is 12.6. The Bertz CT molecular complexity index is 938. The van der Waals surface area contributed by atoms with Gasteiger partial charge in [-0.15, -0.1) is 0 Å². The molecule has 1 aliphatic heterocycles. The smallest absolute Gasteiger partial charge is 0.251 e. The van der Waals surface area contributed by atoms with E-state index in [1.807, 2.05) is 18.2 Å². The van der Waals surface area contributed by atoms with Crippen LogP contribution in [0.3, 0.4) is 0 Å².